The second-order valence-electron chi connectivity index (χ2n) is 9.96. The van der Waals surface area contributed by atoms with Gasteiger partial charge in [-0.2, -0.15) is 0 Å². The molecule has 6 rings (SSSR count). The Balaban J connectivity index is 1.24. The number of amides is 2. The molecule has 2 amide bonds. The number of benzene rings is 3. The molecule has 1 saturated heterocycles. The van der Waals surface area contributed by atoms with Crippen LogP contribution in [0.1, 0.15) is 28.2 Å². The Morgan fingerprint density at radius 2 is 1.71 bits per heavy atom. The predicted octanol–water partition coefficient (Wildman–Crippen LogP) is 6.13. The Kier molecular flexibility index (Phi) is 7.41. The van der Waals surface area contributed by atoms with Crippen LogP contribution in [0.15, 0.2) is 76.5 Å². The number of rotatable bonds is 8. The molecule has 212 valence electrons. The van der Waals surface area contributed by atoms with E-state index in [1.165, 1.54) is 11.3 Å². The van der Waals surface area contributed by atoms with Gasteiger partial charge in [-0.05, 0) is 43.3 Å². The Hall–Kier alpha value is -5.03. The van der Waals surface area contributed by atoms with Gasteiger partial charge in [-0.25, -0.2) is 4.98 Å². The van der Waals surface area contributed by atoms with Crippen molar-refractivity contribution in [3.63, 3.8) is 0 Å². The molecule has 1 unspecified atom stereocenters. The lowest BCUT2D eigenvalue weighted by Gasteiger charge is -2.15. The molecule has 1 aliphatic heterocycles. The molecular formula is C31H27N5O5S. The molecule has 0 spiro atoms. The number of ether oxygens (including phenoxy) is 2. The van der Waals surface area contributed by atoms with E-state index >= 15 is 0 Å². The number of anilines is 1. The number of carbonyl (C=O) groups is 2. The van der Waals surface area contributed by atoms with E-state index in [0.29, 0.717) is 52.7 Å². The first kappa shape index (κ1) is 27.2. The van der Waals surface area contributed by atoms with Crippen molar-refractivity contribution in [3.8, 4) is 40.0 Å². The summed E-state index contributed by atoms with van der Waals surface area (Å²) in [6.45, 7) is 4.36. The number of thiazole rings is 1. The smallest absolute Gasteiger partial charge is 0.263 e. The van der Waals surface area contributed by atoms with Crippen molar-refractivity contribution in [2.45, 2.75) is 26.4 Å². The minimum Gasteiger partial charge on any atom is -0.480 e. The van der Waals surface area contributed by atoms with Gasteiger partial charge in [-0.15, -0.1) is 21.5 Å². The molecule has 0 radical (unpaired) electrons. The van der Waals surface area contributed by atoms with Gasteiger partial charge in [0.1, 0.15) is 17.2 Å². The van der Waals surface area contributed by atoms with Crippen LogP contribution in [-0.2, 0) is 4.79 Å². The number of carbonyl (C=O) groups excluding carboxylic acids is 2. The molecule has 1 aliphatic rings. The van der Waals surface area contributed by atoms with Crippen LogP contribution in [0, 0.1) is 13.8 Å². The molecule has 2 aromatic heterocycles. The molecule has 0 aliphatic carbocycles. The van der Waals surface area contributed by atoms with Gasteiger partial charge < -0.3 is 18.8 Å². The maximum Gasteiger partial charge on any atom is 0.263 e. The molecule has 1 atom stereocenters. The Morgan fingerprint density at radius 1 is 0.976 bits per heavy atom. The average molecular weight is 582 g/mol. The van der Waals surface area contributed by atoms with Crippen molar-refractivity contribution in [2.24, 2.45) is 0 Å². The highest BCUT2D eigenvalue weighted by molar-refractivity contribution is 7.14. The van der Waals surface area contributed by atoms with Crippen LogP contribution in [0.4, 0.5) is 5.13 Å². The van der Waals surface area contributed by atoms with Crippen molar-refractivity contribution < 1.29 is 23.5 Å². The largest absolute Gasteiger partial charge is 0.480 e. The van der Waals surface area contributed by atoms with Crippen LogP contribution < -0.4 is 14.8 Å². The normalized spacial score (nSPS) is 14.7. The maximum atomic E-state index is 13.4. The summed E-state index contributed by atoms with van der Waals surface area (Å²) in [4.78, 5) is 32.1. The van der Waals surface area contributed by atoms with Crippen LogP contribution in [0.3, 0.4) is 0 Å². The molecule has 3 heterocycles. The fraction of sp³-hybridized carbons (Fsp3) is 0.194. The standard InChI is InChI=1S/C31H27N5O5S/c1-18-4-6-20(7-5-18)26-17-42-31(32-26)33-28(37)22-14-24(16-25(15-22)41-27-12-13-36(3)30(27)38)40-23-10-8-21(9-11-23)29-35-34-19(2)39-29/h4-11,14-17,27H,12-13H2,1-3H3,(H,32,33,37). The summed E-state index contributed by atoms with van der Waals surface area (Å²) < 4.78 is 17.6. The molecule has 1 fully saturated rings. The first-order chi connectivity index (χ1) is 20.3. The van der Waals surface area contributed by atoms with Gasteiger partial charge in [-0.1, -0.05) is 29.8 Å². The Labute approximate surface area is 245 Å². The highest BCUT2D eigenvalue weighted by atomic mass is 32.1. The third-order valence-electron chi connectivity index (χ3n) is 6.73. The van der Waals surface area contributed by atoms with Crippen molar-refractivity contribution in [3.05, 3.63) is 89.1 Å². The number of nitrogens with one attached hydrogen (secondary N) is 1. The maximum absolute atomic E-state index is 13.4. The average Bonchev–Trinajstić information content (AvgIpc) is 3.71. The number of likely N-dealkylation sites (N-methyl/N-ethyl adjacent to an activating group) is 1. The summed E-state index contributed by atoms with van der Waals surface area (Å²) in [5, 5.41) is 13.1. The van der Waals surface area contributed by atoms with Crippen molar-refractivity contribution in [1.29, 1.82) is 0 Å². The summed E-state index contributed by atoms with van der Waals surface area (Å²) in [5.41, 5.74) is 3.95. The molecule has 42 heavy (non-hydrogen) atoms. The number of aryl methyl sites for hydroxylation is 2. The van der Waals surface area contributed by atoms with Gasteiger partial charge in [0.25, 0.3) is 11.8 Å². The first-order valence-corrected chi connectivity index (χ1v) is 14.2. The number of aromatic nitrogens is 3. The third-order valence-corrected chi connectivity index (χ3v) is 7.49. The SMILES string of the molecule is Cc1ccc(-c2csc(NC(=O)c3cc(Oc4ccc(-c5nnc(C)o5)cc4)cc(OC4CCN(C)C4=O)c3)n2)cc1. The van der Waals surface area contributed by atoms with Gasteiger partial charge in [0.15, 0.2) is 11.2 Å². The zero-order valence-corrected chi connectivity index (χ0v) is 24.0. The van der Waals surface area contributed by atoms with E-state index in [9.17, 15) is 9.59 Å². The van der Waals surface area contributed by atoms with Gasteiger partial charge in [0, 0.05) is 55.1 Å². The van der Waals surface area contributed by atoms with E-state index in [1.807, 2.05) is 36.6 Å². The van der Waals surface area contributed by atoms with Crippen molar-refractivity contribution in [2.75, 3.05) is 18.9 Å². The number of likely N-dealkylation sites (tertiary alicyclic amines) is 1. The summed E-state index contributed by atoms with van der Waals surface area (Å²) in [6.07, 6.45) is -0.0752. The highest BCUT2D eigenvalue weighted by Crippen LogP contribution is 2.32. The molecule has 0 bridgehead atoms. The third kappa shape index (κ3) is 6.01. The summed E-state index contributed by atoms with van der Waals surface area (Å²) >= 11 is 1.34. The Bertz CT molecular complexity index is 1750. The molecule has 11 heteroatoms. The summed E-state index contributed by atoms with van der Waals surface area (Å²) in [6, 6.07) is 20.1. The zero-order valence-electron chi connectivity index (χ0n) is 23.2. The zero-order chi connectivity index (χ0) is 29.2. The summed E-state index contributed by atoms with van der Waals surface area (Å²) in [5.74, 6) is 1.65. The number of hydrogen-bond donors (Lipinski definition) is 1. The van der Waals surface area contributed by atoms with Crippen LogP contribution in [0.5, 0.6) is 17.2 Å². The van der Waals surface area contributed by atoms with E-state index in [4.69, 9.17) is 13.9 Å². The number of hydrogen-bond acceptors (Lipinski definition) is 9. The van der Waals surface area contributed by atoms with Gasteiger partial charge >= 0.3 is 0 Å². The van der Waals surface area contributed by atoms with Crippen molar-refractivity contribution >= 4 is 28.3 Å². The van der Waals surface area contributed by atoms with E-state index in [1.54, 1.807) is 61.3 Å². The molecule has 3 aromatic carbocycles. The quantitative estimate of drug-likeness (QED) is 0.232. The molecule has 0 saturated carbocycles. The van der Waals surface area contributed by atoms with Gasteiger partial charge in [0.2, 0.25) is 11.8 Å². The lowest BCUT2D eigenvalue weighted by molar-refractivity contribution is -0.132. The van der Waals surface area contributed by atoms with Crippen LogP contribution in [0.25, 0.3) is 22.7 Å². The van der Waals surface area contributed by atoms with Gasteiger partial charge in [0.05, 0.1) is 5.69 Å². The minimum atomic E-state index is -0.630. The topological polar surface area (TPSA) is 120 Å². The first-order valence-electron chi connectivity index (χ1n) is 13.3. The fourth-order valence-corrected chi connectivity index (χ4v) is 5.18. The fourth-order valence-electron chi connectivity index (χ4n) is 4.47. The lowest BCUT2D eigenvalue weighted by Crippen LogP contribution is -2.29. The number of nitrogens with zero attached hydrogens (tertiary/aromatic N) is 4. The van der Waals surface area contributed by atoms with E-state index in [-0.39, 0.29) is 11.8 Å². The predicted molar refractivity (Wildman–Crippen MR) is 158 cm³/mol. The van der Waals surface area contributed by atoms with Crippen LogP contribution >= 0.6 is 11.3 Å². The Morgan fingerprint density at radius 3 is 2.40 bits per heavy atom. The molecule has 5 aromatic rings. The minimum absolute atomic E-state index is 0.106. The second-order valence-corrected chi connectivity index (χ2v) is 10.8. The van der Waals surface area contributed by atoms with E-state index in [0.717, 1.165) is 22.4 Å². The molecular weight excluding hydrogens is 554 g/mol. The summed E-state index contributed by atoms with van der Waals surface area (Å²) in [7, 11) is 1.74. The van der Waals surface area contributed by atoms with Crippen LogP contribution in [0.2, 0.25) is 0 Å². The van der Waals surface area contributed by atoms with E-state index in [2.05, 4.69) is 20.5 Å². The molecule has 10 nitrogen and oxygen atoms in total. The van der Waals surface area contributed by atoms with Gasteiger partial charge in [-0.3, -0.25) is 14.9 Å². The molecule has 1 N–H and O–H groups in total. The van der Waals surface area contributed by atoms with E-state index < -0.39 is 6.10 Å². The lowest BCUT2D eigenvalue weighted by atomic mass is 10.1. The second kappa shape index (κ2) is 11.5. The van der Waals surface area contributed by atoms with Crippen LogP contribution in [-0.4, -0.2) is 51.6 Å². The monoisotopic (exact) mass is 581 g/mol. The van der Waals surface area contributed by atoms with Crippen molar-refractivity contribution in [1.82, 2.24) is 20.1 Å². The highest BCUT2D eigenvalue weighted by Gasteiger charge is 2.31.